The molecule has 0 spiro atoms. The molecule has 0 unspecified atom stereocenters. The van der Waals surface area contributed by atoms with Crippen LogP contribution in [0.1, 0.15) is 5.56 Å². The topological polar surface area (TPSA) is 73.8 Å². The van der Waals surface area contributed by atoms with Crippen molar-refractivity contribution in [2.24, 2.45) is 0 Å². The van der Waals surface area contributed by atoms with E-state index in [1.54, 1.807) is 6.20 Å². The zero-order chi connectivity index (χ0) is 14.1. The molecule has 6 nitrogen and oxygen atoms in total. The van der Waals surface area contributed by atoms with Crippen molar-refractivity contribution in [3.63, 3.8) is 0 Å². The summed E-state index contributed by atoms with van der Waals surface area (Å²) in [5, 5.41) is 15.6. The summed E-state index contributed by atoms with van der Waals surface area (Å²) in [6, 6.07) is 9.62. The molecule has 2 aromatic heterocycles. The fourth-order valence-corrected chi connectivity index (χ4v) is 2.22. The number of fused-ring (bicyclic) bond motifs is 1. The molecule has 0 amide bonds. The van der Waals surface area contributed by atoms with Gasteiger partial charge in [-0.1, -0.05) is 23.7 Å². The third-order valence-corrected chi connectivity index (χ3v) is 3.15. The second kappa shape index (κ2) is 4.90. The smallest absolute Gasteiger partial charge is 0.358 e. The van der Waals surface area contributed by atoms with Crippen molar-refractivity contribution < 1.29 is 4.92 Å². The van der Waals surface area contributed by atoms with Crippen LogP contribution in [0, 0.1) is 10.1 Å². The fraction of sp³-hybridized carbons (Fsp3) is 0.0769. The van der Waals surface area contributed by atoms with Gasteiger partial charge in [0.25, 0.3) is 0 Å². The largest absolute Gasteiger partial charge is 0.408 e. The summed E-state index contributed by atoms with van der Waals surface area (Å²) in [7, 11) is 0. The third-order valence-electron chi connectivity index (χ3n) is 2.88. The van der Waals surface area contributed by atoms with Crippen molar-refractivity contribution in [2.75, 3.05) is 0 Å². The Hall–Kier alpha value is -2.47. The predicted octanol–water partition coefficient (Wildman–Crippen LogP) is 3.04. The average Bonchev–Trinajstić information content (AvgIpc) is 2.79. The highest BCUT2D eigenvalue weighted by atomic mass is 35.5. The minimum absolute atomic E-state index is 0.0393. The molecule has 0 atom stereocenters. The summed E-state index contributed by atoms with van der Waals surface area (Å²) < 4.78 is 1.46. The van der Waals surface area contributed by atoms with Gasteiger partial charge in [-0.2, -0.15) is 4.68 Å². The lowest BCUT2D eigenvalue weighted by Crippen LogP contribution is -2.01. The summed E-state index contributed by atoms with van der Waals surface area (Å²) >= 11 is 5.77. The van der Waals surface area contributed by atoms with Crippen molar-refractivity contribution in [2.45, 2.75) is 6.54 Å². The number of halogens is 1. The van der Waals surface area contributed by atoms with Crippen LogP contribution in [0.25, 0.3) is 10.9 Å². The van der Waals surface area contributed by atoms with E-state index in [0.29, 0.717) is 6.54 Å². The van der Waals surface area contributed by atoms with Crippen LogP contribution in [-0.2, 0) is 6.54 Å². The molecule has 0 fully saturated rings. The Bertz CT molecular complexity index is 800. The van der Waals surface area contributed by atoms with E-state index in [9.17, 15) is 10.1 Å². The minimum atomic E-state index is -0.594. The Morgan fingerprint density at radius 2 is 2.20 bits per heavy atom. The van der Waals surface area contributed by atoms with Crippen LogP contribution in [0.3, 0.4) is 0 Å². The molecule has 3 rings (SSSR count). The SMILES string of the molecule is O=[N+]([O-])c1nn(Cc2ccc3ncccc3c2)cc1Cl. The lowest BCUT2D eigenvalue weighted by atomic mass is 10.1. The van der Waals surface area contributed by atoms with Gasteiger partial charge in [-0.05, 0) is 28.7 Å². The van der Waals surface area contributed by atoms with Crippen molar-refractivity contribution in [1.29, 1.82) is 0 Å². The standard InChI is InChI=1S/C13H9ClN4O2/c14-11-8-17(16-13(11)18(19)20)7-9-3-4-12-10(6-9)2-1-5-15-12/h1-6,8H,7H2. The molecule has 100 valence electrons. The second-order valence-electron chi connectivity index (χ2n) is 4.29. The first-order valence-electron chi connectivity index (χ1n) is 5.84. The predicted molar refractivity (Wildman–Crippen MR) is 74.7 cm³/mol. The maximum absolute atomic E-state index is 10.7. The van der Waals surface area contributed by atoms with Crippen LogP contribution < -0.4 is 0 Å². The molecule has 0 saturated carbocycles. The molecule has 0 radical (unpaired) electrons. The Balaban J connectivity index is 1.92. The van der Waals surface area contributed by atoms with Crippen molar-refractivity contribution in [3.05, 3.63) is 63.4 Å². The van der Waals surface area contributed by atoms with E-state index in [0.717, 1.165) is 16.5 Å². The minimum Gasteiger partial charge on any atom is -0.358 e. The molecule has 0 aliphatic carbocycles. The van der Waals surface area contributed by atoms with Crippen LogP contribution in [0.2, 0.25) is 5.02 Å². The zero-order valence-electron chi connectivity index (χ0n) is 10.2. The highest BCUT2D eigenvalue weighted by Gasteiger charge is 2.18. The second-order valence-corrected chi connectivity index (χ2v) is 4.69. The average molecular weight is 289 g/mol. The summed E-state index contributed by atoms with van der Waals surface area (Å²) in [6.07, 6.45) is 3.19. The molecule has 1 aromatic carbocycles. The molecule has 0 bridgehead atoms. The first-order chi connectivity index (χ1) is 9.63. The zero-order valence-corrected chi connectivity index (χ0v) is 11.0. The lowest BCUT2D eigenvalue weighted by molar-refractivity contribution is -0.389. The Labute approximate surface area is 118 Å². The van der Waals surface area contributed by atoms with E-state index in [2.05, 4.69) is 10.1 Å². The van der Waals surface area contributed by atoms with Gasteiger partial charge >= 0.3 is 5.82 Å². The first-order valence-corrected chi connectivity index (χ1v) is 6.22. The lowest BCUT2D eigenvalue weighted by Gasteiger charge is -2.01. The molecule has 0 N–H and O–H groups in total. The molecular weight excluding hydrogens is 280 g/mol. The number of hydrogen-bond acceptors (Lipinski definition) is 4. The van der Waals surface area contributed by atoms with E-state index in [4.69, 9.17) is 11.6 Å². The van der Waals surface area contributed by atoms with Gasteiger partial charge < -0.3 is 10.1 Å². The van der Waals surface area contributed by atoms with Crippen molar-refractivity contribution in [3.8, 4) is 0 Å². The number of nitrogens with zero attached hydrogens (tertiary/aromatic N) is 4. The normalized spacial score (nSPS) is 10.8. The highest BCUT2D eigenvalue weighted by Crippen LogP contribution is 2.22. The van der Waals surface area contributed by atoms with Crippen LogP contribution >= 0.6 is 11.6 Å². The first kappa shape index (κ1) is 12.6. The van der Waals surface area contributed by atoms with Crippen molar-refractivity contribution in [1.82, 2.24) is 14.8 Å². The Morgan fingerprint density at radius 3 is 2.95 bits per heavy atom. The van der Waals surface area contributed by atoms with Gasteiger partial charge in [0.2, 0.25) is 0 Å². The van der Waals surface area contributed by atoms with Gasteiger partial charge in [-0.3, -0.25) is 4.98 Å². The molecule has 0 aliphatic rings. The van der Waals surface area contributed by atoms with Crippen LogP contribution in [-0.4, -0.2) is 19.7 Å². The van der Waals surface area contributed by atoms with Gasteiger partial charge in [-0.15, -0.1) is 0 Å². The van der Waals surface area contributed by atoms with Gasteiger partial charge in [0.15, 0.2) is 5.02 Å². The molecule has 0 aliphatic heterocycles. The van der Waals surface area contributed by atoms with E-state index in [1.165, 1.54) is 10.9 Å². The summed E-state index contributed by atoms with van der Waals surface area (Å²) in [6.45, 7) is 0.415. The van der Waals surface area contributed by atoms with Gasteiger partial charge in [0.1, 0.15) is 0 Å². The number of rotatable bonds is 3. The summed E-state index contributed by atoms with van der Waals surface area (Å²) in [5.74, 6) is -0.325. The molecule has 0 saturated heterocycles. The number of benzene rings is 1. The molecule has 2 heterocycles. The maximum Gasteiger partial charge on any atom is 0.408 e. The highest BCUT2D eigenvalue weighted by molar-refractivity contribution is 6.32. The fourth-order valence-electron chi connectivity index (χ4n) is 2.00. The number of pyridine rings is 1. The van der Waals surface area contributed by atoms with E-state index in [-0.39, 0.29) is 10.8 Å². The van der Waals surface area contributed by atoms with Crippen molar-refractivity contribution >= 4 is 28.3 Å². The van der Waals surface area contributed by atoms with Gasteiger partial charge in [0, 0.05) is 11.6 Å². The Morgan fingerprint density at radius 1 is 1.35 bits per heavy atom. The molecule has 3 aromatic rings. The number of nitro groups is 1. The maximum atomic E-state index is 10.7. The monoisotopic (exact) mass is 288 g/mol. The molecule has 20 heavy (non-hydrogen) atoms. The van der Waals surface area contributed by atoms with Crippen LogP contribution in [0.4, 0.5) is 5.82 Å². The van der Waals surface area contributed by atoms with E-state index < -0.39 is 4.92 Å². The molecule has 7 heteroatoms. The summed E-state index contributed by atoms with van der Waals surface area (Å²) in [5.41, 5.74) is 1.88. The summed E-state index contributed by atoms with van der Waals surface area (Å²) in [4.78, 5) is 14.3. The van der Waals surface area contributed by atoms with Crippen LogP contribution in [0.15, 0.2) is 42.7 Å². The van der Waals surface area contributed by atoms with E-state index in [1.807, 2.05) is 30.3 Å². The quantitative estimate of drug-likeness (QED) is 0.548. The molecular formula is C13H9ClN4O2. The van der Waals surface area contributed by atoms with E-state index >= 15 is 0 Å². The van der Waals surface area contributed by atoms with Gasteiger partial charge in [-0.25, -0.2) is 0 Å². The number of hydrogen-bond donors (Lipinski definition) is 0. The third kappa shape index (κ3) is 2.33. The van der Waals surface area contributed by atoms with Gasteiger partial charge in [0.05, 0.1) is 23.4 Å². The Kier molecular flexibility index (Phi) is 3.08. The van der Waals surface area contributed by atoms with Crippen LogP contribution in [0.5, 0.6) is 0 Å². The number of aromatic nitrogens is 3.